The Morgan fingerprint density at radius 1 is 1.27 bits per heavy atom. The highest BCUT2D eigenvalue weighted by molar-refractivity contribution is 7.20. The Bertz CT molecular complexity index is 1210. The molecule has 1 amide bonds. The molecule has 0 spiro atoms. The van der Waals surface area contributed by atoms with Crippen LogP contribution in [0.3, 0.4) is 0 Å². The monoisotopic (exact) mass is 428 g/mol. The highest BCUT2D eigenvalue weighted by Crippen LogP contribution is 2.30. The molecule has 30 heavy (non-hydrogen) atoms. The van der Waals surface area contributed by atoms with Gasteiger partial charge in [-0.2, -0.15) is 0 Å². The summed E-state index contributed by atoms with van der Waals surface area (Å²) in [6.45, 7) is 4.84. The fourth-order valence-electron chi connectivity index (χ4n) is 4.13. The highest BCUT2D eigenvalue weighted by Gasteiger charge is 2.24. The molecule has 2 aromatic heterocycles. The number of carbonyl (C=O) groups is 1. The van der Waals surface area contributed by atoms with E-state index in [4.69, 9.17) is 4.74 Å². The minimum absolute atomic E-state index is 0.0822. The molecular weight excluding hydrogens is 407 g/mol. The normalized spacial score (nSPS) is 16.1. The van der Waals surface area contributed by atoms with Crippen LogP contribution in [-0.2, 0) is 17.7 Å². The van der Waals surface area contributed by atoms with E-state index in [-0.39, 0.29) is 17.3 Å². The van der Waals surface area contributed by atoms with E-state index in [2.05, 4.69) is 10.3 Å². The second kappa shape index (κ2) is 7.48. The topological polar surface area (TPSA) is 76.5 Å². The van der Waals surface area contributed by atoms with Crippen molar-refractivity contribution in [3.63, 3.8) is 0 Å². The zero-order chi connectivity index (χ0) is 20.8. The Morgan fingerprint density at radius 2 is 2.07 bits per heavy atom. The molecule has 5 rings (SSSR count). The van der Waals surface area contributed by atoms with Crippen LogP contribution < -0.4 is 15.8 Å². The number of amides is 1. The minimum atomic E-state index is -0.390. The molecule has 3 aromatic rings. The number of ether oxygens (including phenoxy) is 1. The minimum Gasteiger partial charge on any atom is -0.378 e. The van der Waals surface area contributed by atoms with Crippen molar-refractivity contribution in [3.05, 3.63) is 50.6 Å². The van der Waals surface area contributed by atoms with Crippen molar-refractivity contribution in [1.82, 2.24) is 9.55 Å². The number of halogens is 1. The van der Waals surface area contributed by atoms with Gasteiger partial charge in [-0.15, -0.1) is 11.3 Å². The van der Waals surface area contributed by atoms with Crippen molar-refractivity contribution >= 4 is 38.8 Å². The predicted molar refractivity (Wildman–Crippen MR) is 114 cm³/mol. The van der Waals surface area contributed by atoms with Crippen LogP contribution in [0.4, 0.5) is 15.8 Å². The summed E-state index contributed by atoms with van der Waals surface area (Å²) in [6.07, 6.45) is 1.69. The number of morpholine rings is 1. The molecule has 1 N–H and O–H groups in total. The van der Waals surface area contributed by atoms with Crippen LogP contribution in [0.5, 0.6) is 0 Å². The highest BCUT2D eigenvalue weighted by atomic mass is 32.1. The maximum atomic E-state index is 14.6. The summed E-state index contributed by atoms with van der Waals surface area (Å²) in [5.41, 5.74) is 1.42. The molecule has 0 saturated carbocycles. The van der Waals surface area contributed by atoms with Gasteiger partial charge in [-0.1, -0.05) is 0 Å². The van der Waals surface area contributed by atoms with Gasteiger partial charge in [0.1, 0.15) is 16.5 Å². The number of nitrogens with one attached hydrogen (secondary N) is 1. The molecule has 0 unspecified atom stereocenters. The third-order valence-corrected chi connectivity index (χ3v) is 6.86. The first kappa shape index (κ1) is 19.2. The molecular formula is C21H21FN4O3S. The second-order valence-electron chi connectivity index (χ2n) is 7.54. The SMILES string of the molecule is Cc1c(C(=O)Nc2ccc(N3CCOCC3)c(F)c2)sc2nc3n(c(=O)c12)CCC3. The van der Waals surface area contributed by atoms with Gasteiger partial charge < -0.3 is 15.0 Å². The van der Waals surface area contributed by atoms with Gasteiger partial charge in [0.25, 0.3) is 11.5 Å². The average Bonchev–Trinajstić information content (AvgIpc) is 3.34. The number of aromatic nitrogens is 2. The van der Waals surface area contributed by atoms with Gasteiger partial charge in [0.05, 0.1) is 29.2 Å². The van der Waals surface area contributed by atoms with Crippen LogP contribution in [0.25, 0.3) is 10.2 Å². The van der Waals surface area contributed by atoms with Crippen molar-refractivity contribution in [2.75, 3.05) is 36.5 Å². The Hall–Kier alpha value is -2.78. The molecule has 7 nitrogen and oxygen atoms in total. The number of rotatable bonds is 3. The van der Waals surface area contributed by atoms with Crippen molar-refractivity contribution < 1.29 is 13.9 Å². The molecule has 0 radical (unpaired) electrons. The molecule has 156 valence electrons. The van der Waals surface area contributed by atoms with Crippen molar-refractivity contribution in [3.8, 4) is 0 Å². The Kier molecular flexibility index (Phi) is 4.79. The third-order valence-electron chi connectivity index (χ3n) is 5.68. The number of fused-ring (bicyclic) bond motifs is 2. The fraction of sp³-hybridized carbons (Fsp3) is 0.381. The number of anilines is 2. The fourth-order valence-corrected chi connectivity index (χ4v) is 5.21. The Balaban J connectivity index is 1.42. The van der Waals surface area contributed by atoms with Crippen LogP contribution in [0.2, 0.25) is 0 Å². The first-order valence-corrected chi connectivity index (χ1v) is 10.8. The van der Waals surface area contributed by atoms with E-state index in [0.29, 0.717) is 64.9 Å². The van der Waals surface area contributed by atoms with Gasteiger partial charge in [-0.05, 0) is 37.1 Å². The Morgan fingerprint density at radius 3 is 2.83 bits per heavy atom. The maximum absolute atomic E-state index is 14.6. The summed E-state index contributed by atoms with van der Waals surface area (Å²) >= 11 is 1.21. The lowest BCUT2D eigenvalue weighted by Crippen LogP contribution is -2.36. The van der Waals surface area contributed by atoms with Gasteiger partial charge in [-0.3, -0.25) is 14.2 Å². The largest absolute Gasteiger partial charge is 0.378 e. The van der Waals surface area contributed by atoms with E-state index in [1.807, 2.05) is 4.90 Å². The van der Waals surface area contributed by atoms with Gasteiger partial charge in [0.2, 0.25) is 0 Å². The van der Waals surface area contributed by atoms with E-state index in [1.54, 1.807) is 23.6 Å². The smallest absolute Gasteiger partial charge is 0.266 e. The lowest BCUT2D eigenvalue weighted by Gasteiger charge is -2.29. The summed E-state index contributed by atoms with van der Waals surface area (Å²) in [5, 5.41) is 3.26. The number of benzene rings is 1. The number of hydrogen-bond acceptors (Lipinski definition) is 6. The number of nitrogens with zero attached hydrogens (tertiary/aromatic N) is 3. The Labute approximate surface area is 176 Å². The van der Waals surface area contributed by atoms with Crippen LogP contribution in [0.1, 0.15) is 27.5 Å². The average molecular weight is 428 g/mol. The lowest BCUT2D eigenvalue weighted by molar-refractivity contribution is 0.103. The van der Waals surface area contributed by atoms with Crippen LogP contribution in [0, 0.1) is 12.7 Å². The number of carbonyl (C=O) groups excluding carboxylic acids is 1. The predicted octanol–water partition coefficient (Wildman–Crippen LogP) is 2.94. The summed E-state index contributed by atoms with van der Waals surface area (Å²) in [4.78, 5) is 33.2. The van der Waals surface area contributed by atoms with E-state index < -0.39 is 0 Å². The van der Waals surface area contributed by atoms with Gasteiger partial charge in [0.15, 0.2) is 0 Å². The first-order chi connectivity index (χ1) is 14.5. The number of thiophene rings is 1. The molecule has 2 aliphatic heterocycles. The van der Waals surface area contributed by atoms with Crippen LogP contribution >= 0.6 is 11.3 Å². The number of aryl methyl sites for hydroxylation is 2. The van der Waals surface area contributed by atoms with Crippen molar-refractivity contribution in [1.29, 1.82) is 0 Å². The third kappa shape index (κ3) is 3.18. The van der Waals surface area contributed by atoms with Gasteiger partial charge in [0, 0.05) is 31.7 Å². The molecule has 9 heteroatoms. The summed E-state index contributed by atoms with van der Waals surface area (Å²) in [5.74, 6) is 0.0270. The molecule has 0 bridgehead atoms. The molecule has 1 fully saturated rings. The molecule has 0 aliphatic carbocycles. The quantitative estimate of drug-likeness (QED) is 0.694. The van der Waals surface area contributed by atoms with E-state index in [0.717, 1.165) is 18.7 Å². The zero-order valence-electron chi connectivity index (χ0n) is 16.5. The maximum Gasteiger partial charge on any atom is 0.266 e. The van der Waals surface area contributed by atoms with E-state index in [9.17, 15) is 14.0 Å². The summed E-state index contributed by atoms with van der Waals surface area (Å²) in [7, 11) is 0. The second-order valence-corrected chi connectivity index (χ2v) is 8.54. The molecule has 2 aliphatic rings. The van der Waals surface area contributed by atoms with Gasteiger partial charge >= 0.3 is 0 Å². The van der Waals surface area contributed by atoms with E-state index >= 15 is 0 Å². The van der Waals surface area contributed by atoms with Gasteiger partial charge in [-0.25, -0.2) is 9.37 Å². The van der Waals surface area contributed by atoms with Crippen molar-refractivity contribution in [2.45, 2.75) is 26.3 Å². The molecule has 1 aromatic carbocycles. The van der Waals surface area contributed by atoms with E-state index in [1.165, 1.54) is 17.4 Å². The standard InChI is InChI=1S/C21H21FN4O3S/c1-12-17-20(24-16-3-2-6-26(16)21(17)28)30-18(12)19(27)23-13-4-5-15(14(22)11-13)25-7-9-29-10-8-25/h4-5,11H,2-3,6-10H2,1H3,(H,23,27). The summed E-state index contributed by atoms with van der Waals surface area (Å²) < 4.78 is 21.6. The molecule has 1 saturated heterocycles. The zero-order valence-corrected chi connectivity index (χ0v) is 17.4. The lowest BCUT2D eigenvalue weighted by atomic mass is 10.2. The molecule has 4 heterocycles. The van der Waals surface area contributed by atoms with Crippen molar-refractivity contribution in [2.24, 2.45) is 0 Å². The number of hydrogen-bond donors (Lipinski definition) is 1. The molecule has 0 atom stereocenters. The van der Waals surface area contributed by atoms with Crippen LogP contribution in [-0.4, -0.2) is 41.8 Å². The van der Waals surface area contributed by atoms with Crippen LogP contribution in [0.15, 0.2) is 23.0 Å². The first-order valence-electron chi connectivity index (χ1n) is 9.99. The summed E-state index contributed by atoms with van der Waals surface area (Å²) in [6, 6.07) is 4.69.